The Kier molecular flexibility index (Phi) is 2.42. The number of nitrogens with zero attached hydrogens (tertiary/aromatic N) is 4. The molecule has 0 spiro atoms. The van der Waals surface area contributed by atoms with E-state index >= 15 is 0 Å². The standard InChI is InChI=1S/C11H16N4/c1-7(2)9-5-10-13-11(8(3)4)14-15(10)12-6-9/h5-8H,1-4H3. The maximum absolute atomic E-state index is 4.44. The molecule has 0 aromatic carbocycles. The Labute approximate surface area is 89.3 Å². The second-order valence-corrected chi connectivity index (χ2v) is 4.42. The largest absolute Gasteiger partial charge is 0.210 e. The van der Waals surface area contributed by atoms with Gasteiger partial charge in [-0.3, -0.25) is 0 Å². The van der Waals surface area contributed by atoms with Crippen molar-refractivity contribution < 1.29 is 0 Å². The molecule has 2 heterocycles. The van der Waals surface area contributed by atoms with E-state index in [1.807, 2.05) is 6.20 Å². The van der Waals surface area contributed by atoms with Gasteiger partial charge in [0.25, 0.3) is 0 Å². The molecule has 0 amide bonds. The predicted molar refractivity (Wildman–Crippen MR) is 59.0 cm³/mol. The van der Waals surface area contributed by atoms with Gasteiger partial charge in [0.15, 0.2) is 11.5 Å². The Morgan fingerprint density at radius 1 is 1.13 bits per heavy atom. The van der Waals surface area contributed by atoms with Gasteiger partial charge in [0.1, 0.15) is 0 Å². The molecule has 0 N–H and O–H groups in total. The molecule has 0 saturated heterocycles. The number of fused-ring (bicyclic) bond motifs is 1. The lowest BCUT2D eigenvalue weighted by atomic mass is 10.1. The molecule has 2 rings (SSSR count). The van der Waals surface area contributed by atoms with Crippen molar-refractivity contribution in [1.29, 1.82) is 0 Å². The van der Waals surface area contributed by atoms with Gasteiger partial charge in [-0.2, -0.15) is 5.10 Å². The lowest BCUT2D eigenvalue weighted by molar-refractivity contribution is 0.718. The van der Waals surface area contributed by atoms with Crippen molar-refractivity contribution in [2.75, 3.05) is 0 Å². The normalized spacial score (nSPS) is 11.9. The summed E-state index contributed by atoms with van der Waals surface area (Å²) >= 11 is 0. The second kappa shape index (κ2) is 3.61. The molecule has 0 fully saturated rings. The molecule has 4 nitrogen and oxygen atoms in total. The van der Waals surface area contributed by atoms with Crippen molar-refractivity contribution in [1.82, 2.24) is 19.8 Å². The fraction of sp³-hybridized carbons (Fsp3) is 0.545. The summed E-state index contributed by atoms with van der Waals surface area (Å²) in [6.07, 6.45) is 1.86. The molecule has 0 aliphatic rings. The Morgan fingerprint density at radius 2 is 1.87 bits per heavy atom. The summed E-state index contributed by atoms with van der Waals surface area (Å²) < 4.78 is 1.60. The van der Waals surface area contributed by atoms with Gasteiger partial charge in [-0.05, 0) is 17.5 Å². The lowest BCUT2D eigenvalue weighted by Crippen LogP contribution is -1.97. The average Bonchev–Trinajstić information content (AvgIpc) is 2.59. The summed E-state index contributed by atoms with van der Waals surface area (Å²) in [5.74, 6) is 1.67. The van der Waals surface area contributed by atoms with Crippen LogP contribution in [0.15, 0.2) is 12.3 Å². The molecule has 0 saturated carbocycles. The van der Waals surface area contributed by atoms with Crippen LogP contribution >= 0.6 is 0 Å². The molecule has 0 aliphatic carbocycles. The van der Waals surface area contributed by atoms with Crippen LogP contribution in [0.4, 0.5) is 0 Å². The molecule has 2 aromatic heterocycles. The van der Waals surface area contributed by atoms with Crippen LogP contribution in [0.1, 0.15) is 50.9 Å². The van der Waals surface area contributed by atoms with Crippen LogP contribution in [0.5, 0.6) is 0 Å². The zero-order valence-electron chi connectivity index (χ0n) is 9.60. The van der Waals surface area contributed by atoms with Crippen LogP contribution in [0.25, 0.3) is 5.65 Å². The second-order valence-electron chi connectivity index (χ2n) is 4.42. The van der Waals surface area contributed by atoms with Crippen molar-refractivity contribution in [3.8, 4) is 0 Å². The zero-order chi connectivity index (χ0) is 11.0. The number of hydrogen-bond donors (Lipinski definition) is 0. The van der Waals surface area contributed by atoms with E-state index in [0.717, 1.165) is 11.5 Å². The van der Waals surface area contributed by atoms with E-state index in [2.05, 4.69) is 48.9 Å². The SMILES string of the molecule is CC(C)c1cnn2nc(C(C)C)nc2c1. The predicted octanol–water partition coefficient (Wildman–Crippen LogP) is 2.37. The van der Waals surface area contributed by atoms with Gasteiger partial charge in [0.2, 0.25) is 0 Å². The molecule has 0 atom stereocenters. The molecule has 15 heavy (non-hydrogen) atoms. The Bertz CT molecular complexity index is 464. The van der Waals surface area contributed by atoms with Crippen LogP contribution in [-0.2, 0) is 0 Å². The van der Waals surface area contributed by atoms with E-state index in [1.165, 1.54) is 5.56 Å². The summed E-state index contributed by atoms with van der Waals surface area (Å²) in [5.41, 5.74) is 2.04. The first-order chi connectivity index (χ1) is 7.08. The van der Waals surface area contributed by atoms with E-state index in [0.29, 0.717) is 11.8 Å². The minimum Gasteiger partial charge on any atom is -0.210 e. The first-order valence-electron chi connectivity index (χ1n) is 5.31. The van der Waals surface area contributed by atoms with Crippen LogP contribution in [0.3, 0.4) is 0 Å². The Balaban J connectivity index is 2.52. The van der Waals surface area contributed by atoms with Crippen molar-refractivity contribution >= 4 is 5.65 Å². The van der Waals surface area contributed by atoms with Crippen LogP contribution < -0.4 is 0 Å². The topological polar surface area (TPSA) is 43.1 Å². The van der Waals surface area contributed by atoms with Gasteiger partial charge >= 0.3 is 0 Å². The van der Waals surface area contributed by atoms with E-state index in [9.17, 15) is 0 Å². The quantitative estimate of drug-likeness (QED) is 0.754. The third-order valence-electron chi connectivity index (χ3n) is 2.43. The molecule has 2 aromatic rings. The van der Waals surface area contributed by atoms with Gasteiger partial charge < -0.3 is 0 Å². The van der Waals surface area contributed by atoms with E-state index in [1.54, 1.807) is 4.63 Å². The van der Waals surface area contributed by atoms with E-state index < -0.39 is 0 Å². The van der Waals surface area contributed by atoms with Gasteiger partial charge in [-0.25, -0.2) is 4.98 Å². The maximum Gasteiger partial charge on any atom is 0.176 e. The minimum atomic E-state index is 0.342. The highest BCUT2D eigenvalue weighted by Crippen LogP contribution is 2.15. The van der Waals surface area contributed by atoms with Gasteiger partial charge in [-0.15, -0.1) is 9.73 Å². The van der Waals surface area contributed by atoms with E-state index in [-0.39, 0.29) is 0 Å². The molecule has 0 radical (unpaired) electrons. The fourth-order valence-corrected chi connectivity index (χ4v) is 1.38. The van der Waals surface area contributed by atoms with Crippen molar-refractivity contribution in [3.63, 3.8) is 0 Å². The molecule has 0 unspecified atom stereocenters. The fourth-order valence-electron chi connectivity index (χ4n) is 1.38. The van der Waals surface area contributed by atoms with Crippen molar-refractivity contribution in [2.45, 2.75) is 39.5 Å². The monoisotopic (exact) mass is 204 g/mol. The molecule has 4 heteroatoms. The molecular formula is C11H16N4. The van der Waals surface area contributed by atoms with Gasteiger partial charge in [-0.1, -0.05) is 27.7 Å². The minimum absolute atomic E-state index is 0.342. The van der Waals surface area contributed by atoms with Crippen LogP contribution in [0, 0.1) is 0 Å². The summed E-state index contributed by atoms with van der Waals surface area (Å²) in [6, 6.07) is 2.05. The summed E-state index contributed by atoms with van der Waals surface area (Å²) in [6.45, 7) is 8.46. The highest BCUT2D eigenvalue weighted by molar-refractivity contribution is 5.39. The summed E-state index contributed by atoms with van der Waals surface area (Å²) in [7, 11) is 0. The Hall–Kier alpha value is -1.45. The summed E-state index contributed by atoms with van der Waals surface area (Å²) in [5, 5.41) is 8.56. The highest BCUT2D eigenvalue weighted by Gasteiger charge is 2.09. The number of rotatable bonds is 2. The first-order valence-corrected chi connectivity index (χ1v) is 5.31. The third kappa shape index (κ3) is 1.84. The maximum atomic E-state index is 4.44. The molecular weight excluding hydrogens is 188 g/mol. The lowest BCUT2D eigenvalue weighted by Gasteiger charge is -2.02. The van der Waals surface area contributed by atoms with Crippen molar-refractivity contribution in [2.24, 2.45) is 0 Å². The van der Waals surface area contributed by atoms with Gasteiger partial charge in [0.05, 0.1) is 6.20 Å². The molecule has 0 aliphatic heterocycles. The van der Waals surface area contributed by atoms with E-state index in [4.69, 9.17) is 0 Å². The van der Waals surface area contributed by atoms with Crippen LogP contribution in [-0.4, -0.2) is 19.8 Å². The molecule has 0 bridgehead atoms. The smallest absolute Gasteiger partial charge is 0.176 e. The zero-order valence-corrected chi connectivity index (χ0v) is 9.60. The Morgan fingerprint density at radius 3 is 2.47 bits per heavy atom. The van der Waals surface area contributed by atoms with Crippen molar-refractivity contribution in [3.05, 3.63) is 23.7 Å². The number of hydrogen-bond acceptors (Lipinski definition) is 3. The summed E-state index contributed by atoms with van der Waals surface area (Å²) in [4.78, 5) is 4.44. The average molecular weight is 204 g/mol. The first kappa shape index (κ1) is 10.1. The highest BCUT2D eigenvalue weighted by atomic mass is 15.4. The van der Waals surface area contributed by atoms with Gasteiger partial charge in [0, 0.05) is 5.92 Å². The molecule has 80 valence electrons. The van der Waals surface area contributed by atoms with Crippen LogP contribution in [0.2, 0.25) is 0 Å². The third-order valence-corrected chi connectivity index (χ3v) is 2.43. The number of aromatic nitrogens is 4.